The Balaban J connectivity index is 2.64. The molecule has 17 heavy (non-hydrogen) atoms. The van der Waals surface area contributed by atoms with Gasteiger partial charge in [0, 0.05) is 18.3 Å². The highest BCUT2D eigenvalue weighted by Crippen LogP contribution is 2.16. The van der Waals surface area contributed by atoms with Crippen LogP contribution in [0.2, 0.25) is 0 Å². The van der Waals surface area contributed by atoms with E-state index in [0.29, 0.717) is 18.0 Å². The first kappa shape index (κ1) is 14.2. The number of nitrogens with zero attached hydrogens (tertiary/aromatic N) is 2. The molecule has 3 atom stereocenters. The van der Waals surface area contributed by atoms with Crippen molar-refractivity contribution in [2.75, 3.05) is 7.05 Å². The second kappa shape index (κ2) is 6.80. The summed E-state index contributed by atoms with van der Waals surface area (Å²) in [6.07, 6.45) is 5.51. The van der Waals surface area contributed by atoms with E-state index >= 15 is 0 Å². The number of hydrogen-bond acceptors (Lipinski definition) is 2. The standard InChI is InChI=1S/C14H27N3/c1-6-11(3)17-9-8-14(16-17)10-13(7-2)12(4)15-5/h8-9,11-13,15H,6-7,10H2,1-5H3. The molecule has 0 aliphatic rings. The van der Waals surface area contributed by atoms with Gasteiger partial charge in [-0.05, 0) is 45.7 Å². The van der Waals surface area contributed by atoms with Gasteiger partial charge in [-0.3, -0.25) is 4.68 Å². The third-order valence-electron chi connectivity index (χ3n) is 3.86. The van der Waals surface area contributed by atoms with Gasteiger partial charge in [0.1, 0.15) is 0 Å². The van der Waals surface area contributed by atoms with Gasteiger partial charge >= 0.3 is 0 Å². The molecule has 1 rings (SSSR count). The number of aromatic nitrogens is 2. The third-order valence-corrected chi connectivity index (χ3v) is 3.86. The maximum absolute atomic E-state index is 4.67. The van der Waals surface area contributed by atoms with Gasteiger partial charge in [0.15, 0.2) is 0 Å². The summed E-state index contributed by atoms with van der Waals surface area (Å²) < 4.78 is 2.09. The zero-order chi connectivity index (χ0) is 12.8. The lowest BCUT2D eigenvalue weighted by Gasteiger charge is -2.21. The van der Waals surface area contributed by atoms with Crippen LogP contribution in [0.4, 0.5) is 0 Å². The van der Waals surface area contributed by atoms with Crippen molar-refractivity contribution in [3.8, 4) is 0 Å². The lowest BCUT2D eigenvalue weighted by Crippen LogP contribution is -2.31. The highest BCUT2D eigenvalue weighted by atomic mass is 15.3. The number of rotatable bonds is 7. The van der Waals surface area contributed by atoms with Crippen LogP contribution < -0.4 is 5.32 Å². The molecule has 3 nitrogen and oxygen atoms in total. The largest absolute Gasteiger partial charge is 0.317 e. The average Bonchev–Trinajstić information content (AvgIpc) is 2.82. The minimum absolute atomic E-state index is 0.505. The number of hydrogen-bond donors (Lipinski definition) is 1. The molecule has 0 aliphatic carbocycles. The van der Waals surface area contributed by atoms with Crippen LogP contribution in [0.1, 0.15) is 52.3 Å². The van der Waals surface area contributed by atoms with Crippen molar-refractivity contribution in [2.24, 2.45) is 5.92 Å². The maximum atomic E-state index is 4.67. The van der Waals surface area contributed by atoms with Gasteiger partial charge in [-0.25, -0.2) is 0 Å². The first-order chi connectivity index (χ1) is 8.12. The van der Waals surface area contributed by atoms with Gasteiger partial charge in [0.2, 0.25) is 0 Å². The Morgan fingerprint density at radius 1 is 1.29 bits per heavy atom. The van der Waals surface area contributed by atoms with Gasteiger partial charge in [-0.2, -0.15) is 5.10 Å². The Bertz CT molecular complexity index is 319. The normalized spacial score (nSPS) is 16.8. The zero-order valence-corrected chi connectivity index (χ0v) is 11.9. The molecule has 0 bridgehead atoms. The van der Waals surface area contributed by atoms with Gasteiger partial charge in [0.25, 0.3) is 0 Å². The molecule has 0 fully saturated rings. The van der Waals surface area contributed by atoms with Crippen LogP contribution in [-0.2, 0) is 6.42 Å². The summed E-state index contributed by atoms with van der Waals surface area (Å²) in [5, 5.41) is 8.02. The summed E-state index contributed by atoms with van der Waals surface area (Å²) in [7, 11) is 2.03. The summed E-state index contributed by atoms with van der Waals surface area (Å²) in [6.45, 7) is 8.91. The van der Waals surface area contributed by atoms with Gasteiger partial charge in [0.05, 0.1) is 5.69 Å². The van der Waals surface area contributed by atoms with Crippen LogP contribution in [0, 0.1) is 5.92 Å². The highest BCUT2D eigenvalue weighted by Gasteiger charge is 2.16. The molecule has 98 valence electrons. The fraction of sp³-hybridized carbons (Fsp3) is 0.786. The molecular formula is C14H27N3. The highest BCUT2D eigenvalue weighted by molar-refractivity contribution is 5.01. The molecule has 0 radical (unpaired) electrons. The smallest absolute Gasteiger partial charge is 0.0628 e. The van der Waals surface area contributed by atoms with E-state index in [-0.39, 0.29) is 0 Å². The Labute approximate surface area is 106 Å². The molecule has 0 aliphatic heterocycles. The van der Waals surface area contributed by atoms with Gasteiger partial charge in [-0.1, -0.05) is 20.3 Å². The van der Waals surface area contributed by atoms with Crippen LogP contribution in [0.25, 0.3) is 0 Å². The van der Waals surface area contributed by atoms with E-state index in [1.165, 1.54) is 12.1 Å². The Morgan fingerprint density at radius 2 is 2.00 bits per heavy atom. The molecule has 0 saturated heterocycles. The summed E-state index contributed by atoms with van der Waals surface area (Å²) in [4.78, 5) is 0. The van der Waals surface area contributed by atoms with Crippen molar-refractivity contribution in [3.05, 3.63) is 18.0 Å². The van der Waals surface area contributed by atoms with Crippen LogP contribution in [-0.4, -0.2) is 22.9 Å². The molecule has 0 saturated carbocycles. The number of nitrogens with one attached hydrogen (secondary N) is 1. The van der Waals surface area contributed by atoms with Gasteiger partial charge < -0.3 is 5.32 Å². The van der Waals surface area contributed by atoms with E-state index in [1.54, 1.807) is 0 Å². The molecule has 0 aromatic carbocycles. The van der Waals surface area contributed by atoms with E-state index in [9.17, 15) is 0 Å². The molecule has 0 spiro atoms. The topological polar surface area (TPSA) is 29.9 Å². The minimum Gasteiger partial charge on any atom is -0.317 e. The summed E-state index contributed by atoms with van der Waals surface area (Å²) in [5.74, 6) is 0.667. The Hall–Kier alpha value is -0.830. The van der Waals surface area contributed by atoms with E-state index in [2.05, 4.69) is 55.1 Å². The molecule has 0 amide bonds. The van der Waals surface area contributed by atoms with E-state index in [4.69, 9.17) is 0 Å². The van der Waals surface area contributed by atoms with Gasteiger partial charge in [-0.15, -0.1) is 0 Å². The third kappa shape index (κ3) is 3.84. The minimum atomic E-state index is 0.505. The Kier molecular flexibility index (Phi) is 5.69. The maximum Gasteiger partial charge on any atom is 0.0628 e. The molecule has 3 heteroatoms. The molecule has 1 aromatic heterocycles. The first-order valence-electron chi connectivity index (χ1n) is 6.83. The van der Waals surface area contributed by atoms with Crippen LogP contribution in [0.3, 0.4) is 0 Å². The molecule has 3 unspecified atom stereocenters. The lowest BCUT2D eigenvalue weighted by atomic mass is 9.93. The van der Waals surface area contributed by atoms with Crippen LogP contribution >= 0.6 is 0 Å². The predicted octanol–water partition coefficient (Wildman–Crippen LogP) is 3.03. The molecule has 1 aromatic rings. The molecule has 1 heterocycles. The van der Waals surface area contributed by atoms with E-state index in [1.807, 2.05) is 7.05 Å². The predicted molar refractivity (Wildman–Crippen MR) is 73.2 cm³/mol. The quantitative estimate of drug-likeness (QED) is 0.790. The molecular weight excluding hydrogens is 210 g/mol. The second-order valence-electron chi connectivity index (χ2n) is 4.99. The van der Waals surface area contributed by atoms with Crippen molar-refractivity contribution >= 4 is 0 Å². The van der Waals surface area contributed by atoms with Crippen LogP contribution in [0.15, 0.2) is 12.3 Å². The van der Waals surface area contributed by atoms with Crippen molar-refractivity contribution in [1.82, 2.24) is 15.1 Å². The SMILES string of the molecule is CCC(Cc1ccn(C(C)CC)n1)C(C)NC. The summed E-state index contributed by atoms with van der Waals surface area (Å²) >= 11 is 0. The van der Waals surface area contributed by atoms with Crippen molar-refractivity contribution in [1.29, 1.82) is 0 Å². The van der Waals surface area contributed by atoms with E-state index in [0.717, 1.165) is 12.8 Å². The summed E-state index contributed by atoms with van der Waals surface area (Å²) in [6, 6.07) is 3.22. The van der Waals surface area contributed by atoms with Crippen molar-refractivity contribution < 1.29 is 0 Å². The monoisotopic (exact) mass is 237 g/mol. The van der Waals surface area contributed by atoms with Crippen molar-refractivity contribution in [3.63, 3.8) is 0 Å². The zero-order valence-electron chi connectivity index (χ0n) is 11.9. The fourth-order valence-corrected chi connectivity index (χ4v) is 2.10. The van der Waals surface area contributed by atoms with E-state index < -0.39 is 0 Å². The average molecular weight is 237 g/mol. The van der Waals surface area contributed by atoms with Crippen LogP contribution in [0.5, 0.6) is 0 Å². The first-order valence-corrected chi connectivity index (χ1v) is 6.83. The van der Waals surface area contributed by atoms with Crippen molar-refractivity contribution in [2.45, 2.75) is 59.0 Å². The second-order valence-corrected chi connectivity index (χ2v) is 4.99. The summed E-state index contributed by atoms with van der Waals surface area (Å²) in [5.41, 5.74) is 1.22. The lowest BCUT2D eigenvalue weighted by molar-refractivity contribution is 0.375. The Morgan fingerprint density at radius 3 is 2.53 bits per heavy atom. The molecule has 1 N–H and O–H groups in total. The fourth-order valence-electron chi connectivity index (χ4n) is 2.10.